The highest BCUT2D eigenvalue weighted by molar-refractivity contribution is 7.09. The van der Waals surface area contributed by atoms with Crippen LogP contribution in [0.4, 0.5) is 8.78 Å². The molecule has 4 rings (SSSR count). The number of nitrogens with zero attached hydrogens (tertiary/aromatic N) is 1. The van der Waals surface area contributed by atoms with Crippen molar-refractivity contribution < 1.29 is 23.0 Å². The Labute approximate surface area is 195 Å². The average Bonchev–Trinajstić information content (AvgIpc) is 3.50. The monoisotopic (exact) mass is 469 g/mol. The van der Waals surface area contributed by atoms with Crippen molar-refractivity contribution in [1.82, 2.24) is 4.90 Å². The number of halogens is 2. The Balaban J connectivity index is 1.65. The number of aliphatic hydroxyl groups is 1. The molecule has 0 amide bonds. The number of methoxy groups -OCH3 is 1. The van der Waals surface area contributed by atoms with Crippen LogP contribution in [-0.2, 0) is 23.4 Å². The van der Waals surface area contributed by atoms with Crippen LogP contribution < -0.4 is 0 Å². The maximum absolute atomic E-state index is 13.6. The summed E-state index contributed by atoms with van der Waals surface area (Å²) < 4.78 is 38.5. The van der Waals surface area contributed by atoms with Crippen molar-refractivity contribution in [2.24, 2.45) is 0 Å². The van der Waals surface area contributed by atoms with Gasteiger partial charge in [-0.1, -0.05) is 30.3 Å². The van der Waals surface area contributed by atoms with Gasteiger partial charge in [-0.3, -0.25) is 4.90 Å². The van der Waals surface area contributed by atoms with Gasteiger partial charge in [-0.25, -0.2) is 8.78 Å². The van der Waals surface area contributed by atoms with Crippen LogP contribution in [0.3, 0.4) is 0 Å². The van der Waals surface area contributed by atoms with Crippen molar-refractivity contribution in [3.63, 3.8) is 0 Å². The van der Waals surface area contributed by atoms with Crippen molar-refractivity contribution in [2.75, 3.05) is 20.3 Å². The molecule has 1 N–H and O–H groups in total. The van der Waals surface area contributed by atoms with Gasteiger partial charge < -0.3 is 14.3 Å². The molecule has 0 aliphatic rings. The number of hydrogen-bond donors (Lipinski definition) is 1. The fourth-order valence-electron chi connectivity index (χ4n) is 3.77. The van der Waals surface area contributed by atoms with Crippen LogP contribution in [0.25, 0.3) is 0 Å². The molecule has 172 valence electrons. The molecule has 2 aromatic carbocycles. The first-order chi connectivity index (χ1) is 16.0. The summed E-state index contributed by atoms with van der Waals surface area (Å²) in [6.45, 7) is 2.56. The largest absolute Gasteiger partial charge is 0.461 e. The third-order valence-electron chi connectivity index (χ3n) is 5.49. The summed E-state index contributed by atoms with van der Waals surface area (Å²) in [7, 11) is 1.67. The van der Waals surface area contributed by atoms with Crippen molar-refractivity contribution in [1.29, 1.82) is 0 Å². The highest BCUT2D eigenvalue weighted by atomic mass is 32.1. The maximum Gasteiger partial charge on any atom is 0.173 e. The topological polar surface area (TPSA) is 45.8 Å². The lowest BCUT2D eigenvalue weighted by Crippen LogP contribution is -2.28. The van der Waals surface area contributed by atoms with Crippen molar-refractivity contribution in [3.05, 3.63) is 117 Å². The first-order valence-electron chi connectivity index (χ1n) is 10.6. The van der Waals surface area contributed by atoms with E-state index >= 15 is 0 Å². The molecular weight excluding hydrogens is 444 g/mol. The van der Waals surface area contributed by atoms with E-state index in [1.165, 1.54) is 53.4 Å². The Bertz CT molecular complexity index is 1100. The van der Waals surface area contributed by atoms with Crippen molar-refractivity contribution >= 4 is 11.3 Å². The van der Waals surface area contributed by atoms with E-state index in [1.807, 2.05) is 17.5 Å². The first kappa shape index (κ1) is 23.3. The second-order valence-electron chi connectivity index (χ2n) is 7.77. The molecular formula is C26H25F2NO3S. The summed E-state index contributed by atoms with van der Waals surface area (Å²) in [5, 5.41) is 13.9. The van der Waals surface area contributed by atoms with E-state index in [1.54, 1.807) is 24.5 Å². The molecule has 4 aromatic rings. The maximum atomic E-state index is 13.6. The zero-order valence-corrected chi connectivity index (χ0v) is 19.0. The van der Waals surface area contributed by atoms with Crippen LogP contribution >= 0.6 is 11.3 Å². The standard InChI is InChI=1S/C26H25F2NO3S/c1-31-15-14-29(18-24-3-2-16-33-24)17-23-12-13-25(32-23)26(30,19-4-8-21(27)9-5-19)20-6-10-22(28)11-7-20/h2-13,16,30H,14-15,17-18H2,1H3. The van der Waals surface area contributed by atoms with E-state index in [0.717, 1.165) is 6.54 Å². The van der Waals surface area contributed by atoms with Crippen LogP contribution in [-0.4, -0.2) is 30.3 Å². The molecule has 4 nitrogen and oxygen atoms in total. The van der Waals surface area contributed by atoms with Gasteiger partial charge in [0.2, 0.25) is 0 Å². The van der Waals surface area contributed by atoms with Gasteiger partial charge in [0.05, 0.1) is 13.2 Å². The fraction of sp³-hybridized carbons (Fsp3) is 0.231. The summed E-state index contributed by atoms with van der Waals surface area (Å²) in [4.78, 5) is 3.43. The van der Waals surface area contributed by atoms with Crippen LogP contribution in [0, 0.1) is 11.6 Å². The van der Waals surface area contributed by atoms with Gasteiger partial charge in [-0.05, 0) is 59.0 Å². The number of hydrogen-bond acceptors (Lipinski definition) is 5. The highest BCUT2D eigenvalue weighted by Gasteiger charge is 2.37. The molecule has 2 heterocycles. The van der Waals surface area contributed by atoms with Crippen LogP contribution in [0.2, 0.25) is 0 Å². The molecule has 2 aromatic heterocycles. The molecule has 0 radical (unpaired) electrons. The molecule has 0 aliphatic heterocycles. The number of rotatable bonds is 10. The molecule has 0 saturated heterocycles. The van der Waals surface area contributed by atoms with Gasteiger partial charge in [0.25, 0.3) is 0 Å². The van der Waals surface area contributed by atoms with E-state index < -0.39 is 17.2 Å². The molecule has 33 heavy (non-hydrogen) atoms. The Morgan fingerprint density at radius 3 is 2.09 bits per heavy atom. The second-order valence-corrected chi connectivity index (χ2v) is 8.81. The molecule has 0 aliphatic carbocycles. The smallest absolute Gasteiger partial charge is 0.173 e. The minimum atomic E-state index is -1.70. The Morgan fingerprint density at radius 2 is 1.55 bits per heavy atom. The minimum Gasteiger partial charge on any atom is -0.461 e. The number of benzene rings is 2. The zero-order valence-electron chi connectivity index (χ0n) is 18.2. The molecule has 0 unspecified atom stereocenters. The molecule has 0 spiro atoms. The van der Waals surface area contributed by atoms with Gasteiger partial charge in [0.15, 0.2) is 5.60 Å². The van der Waals surface area contributed by atoms with E-state index in [9.17, 15) is 13.9 Å². The molecule has 0 fully saturated rings. The first-order valence-corrected chi connectivity index (χ1v) is 11.4. The van der Waals surface area contributed by atoms with E-state index in [2.05, 4.69) is 11.0 Å². The summed E-state index contributed by atoms with van der Waals surface area (Å²) >= 11 is 1.69. The second kappa shape index (κ2) is 10.4. The third kappa shape index (κ3) is 5.39. The predicted molar refractivity (Wildman–Crippen MR) is 124 cm³/mol. The minimum absolute atomic E-state index is 0.276. The summed E-state index contributed by atoms with van der Waals surface area (Å²) in [5.74, 6) is 0.115. The highest BCUT2D eigenvalue weighted by Crippen LogP contribution is 2.38. The van der Waals surface area contributed by atoms with Gasteiger partial charge in [-0.2, -0.15) is 0 Å². The van der Waals surface area contributed by atoms with Crippen LogP contribution in [0.15, 0.2) is 82.6 Å². The summed E-state index contributed by atoms with van der Waals surface area (Å²) in [5.41, 5.74) is -0.859. The number of ether oxygens (including phenoxy) is 1. The quantitative estimate of drug-likeness (QED) is 0.331. The molecule has 7 heteroatoms. The normalized spacial score (nSPS) is 11.9. The molecule has 0 bridgehead atoms. The molecule has 0 atom stereocenters. The SMILES string of the molecule is COCCN(Cc1ccc(C(O)(c2ccc(F)cc2)c2ccc(F)cc2)o1)Cc1cccs1. The summed E-state index contributed by atoms with van der Waals surface area (Å²) in [6, 6.07) is 18.8. The van der Waals surface area contributed by atoms with Gasteiger partial charge in [-0.15, -0.1) is 11.3 Å². The zero-order chi connectivity index (χ0) is 23.3. The lowest BCUT2D eigenvalue weighted by molar-refractivity contribution is 0.0932. The van der Waals surface area contributed by atoms with Gasteiger partial charge >= 0.3 is 0 Å². The summed E-state index contributed by atoms with van der Waals surface area (Å²) in [6.07, 6.45) is 0. The Kier molecular flexibility index (Phi) is 7.35. The number of thiophene rings is 1. The molecule has 0 saturated carbocycles. The van der Waals surface area contributed by atoms with E-state index in [0.29, 0.717) is 36.6 Å². The van der Waals surface area contributed by atoms with Gasteiger partial charge in [0.1, 0.15) is 23.2 Å². The average molecular weight is 470 g/mol. The predicted octanol–water partition coefficient (Wildman–Crippen LogP) is 5.55. The van der Waals surface area contributed by atoms with Crippen LogP contribution in [0.1, 0.15) is 27.5 Å². The van der Waals surface area contributed by atoms with E-state index in [-0.39, 0.29) is 5.76 Å². The van der Waals surface area contributed by atoms with E-state index in [4.69, 9.17) is 9.15 Å². The lowest BCUT2D eigenvalue weighted by Gasteiger charge is -2.27. The fourth-order valence-corrected chi connectivity index (χ4v) is 4.51. The Hall–Kier alpha value is -2.84. The lowest BCUT2D eigenvalue weighted by atomic mass is 9.84. The Morgan fingerprint density at radius 1 is 0.909 bits per heavy atom. The van der Waals surface area contributed by atoms with Crippen molar-refractivity contribution in [2.45, 2.75) is 18.7 Å². The van der Waals surface area contributed by atoms with Crippen molar-refractivity contribution in [3.8, 4) is 0 Å². The third-order valence-corrected chi connectivity index (χ3v) is 6.35. The number of furan rings is 1. The van der Waals surface area contributed by atoms with Gasteiger partial charge in [0, 0.05) is 25.1 Å². The van der Waals surface area contributed by atoms with Crippen LogP contribution in [0.5, 0.6) is 0 Å².